The van der Waals surface area contributed by atoms with E-state index in [9.17, 15) is 4.79 Å². The van der Waals surface area contributed by atoms with Gasteiger partial charge in [0.1, 0.15) is 17.6 Å². The second kappa shape index (κ2) is 3.91. The fourth-order valence-corrected chi connectivity index (χ4v) is 1.20. The Bertz CT molecular complexity index is 504. The molecule has 0 amide bonds. The van der Waals surface area contributed by atoms with Gasteiger partial charge in [0.2, 0.25) is 0 Å². The average Bonchev–Trinajstić information content (AvgIpc) is 2.69. The van der Waals surface area contributed by atoms with Crippen LogP contribution < -0.4 is 0 Å². The molecule has 0 bridgehead atoms. The van der Waals surface area contributed by atoms with Gasteiger partial charge in [0.25, 0.3) is 0 Å². The summed E-state index contributed by atoms with van der Waals surface area (Å²) in [6.45, 7) is 3.61. The summed E-state index contributed by atoms with van der Waals surface area (Å²) in [5.74, 6) is 0. The van der Waals surface area contributed by atoms with E-state index in [-0.39, 0.29) is 6.61 Å². The van der Waals surface area contributed by atoms with Crippen LogP contribution >= 0.6 is 0 Å². The second-order valence-electron chi connectivity index (χ2n) is 2.86. The van der Waals surface area contributed by atoms with E-state index in [1.165, 1.54) is 6.08 Å². The highest BCUT2D eigenvalue weighted by Gasteiger charge is 2.11. The van der Waals surface area contributed by atoms with Gasteiger partial charge in [-0.1, -0.05) is 30.0 Å². The van der Waals surface area contributed by atoms with Gasteiger partial charge in [-0.05, 0) is 12.1 Å². The standard InChI is InChI=1S/C10H9N3O2/c1-2-7-15-10(14)13-9-6-4-3-5-8(9)11-12-13/h2-6H,1,7H2. The number of fused-ring (bicyclic) bond motifs is 1. The lowest BCUT2D eigenvalue weighted by Gasteiger charge is -2.00. The molecule has 0 spiro atoms. The maximum Gasteiger partial charge on any atom is 0.437 e. The molecule has 5 nitrogen and oxygen atoms in total. The van der Waals surface area contributed by atoms with E-state index < -0.39 is 6.09 Å². The second-order valence-corrected chi connectivity index (χ2v) is 2.86. The highest BCUT2D eigenvalue weighted by Crippen LogP contribution is 2.09. The third-order valence-corrected chi connectivity index (χ3v) is 1.85. The SMILES string of the molecule is C=CCOC(=O)n1nnc2ccccc21. The molecule has 5 heteroatoms. The fourth-order valence-electron chi connectivity index (χ4n) is 1.20. The molecule has 0 aliphatic rings. The third kappa shape index (κ3) is 1.71. The first kappa shape index (κ1) is 9.39. The Hall–Kier alpha value is -2.17. The van der Waals surface area contributed by atoms with Crippen molar-refractivity contribution in [1.82, 2.24) is 15.0 Å². The molecular weight excluding hydrogens is 194 g/mol. The van der Waals surface area contributed by atoms with Crippen molar-refractivity contribution in [1.29, 1.82) is 0 Å². The summed E-state index contributed by atoms with van der Waals surface area (Å²) in [7, 11) is 0. The normalized spacial score (nSPS) is 10.1. The predicted molar refractivity (Wildman–Crippen MR) is 54.5 cm³/mol. The lowest BCUT2D eigenvalue weighted by atomic mass is 10.3. The molecular formula is C10H9N3O2. The molecule has 0 unspecified atom stereocenters. The van der Waals surface area contributed by atoms with Crippen LogP contribution in [0.15, 0.2) is 36.9 Å². The van der Waals surface area contributed by atoms with Crippen LogP contribution in [0.2, 0.25) is 0 Å². The average molecular weight is 203 g/mol. The third-order valence-electron chi connectivity index (χ3n) is 1.85. The van der Waals surface area contributed by atoms with E-state index in [1.54, 1.807) is 12.1 Å². The Balaban J connectivity index is 2.35. The first-order chi connectivity index (χ1) is 7.33. The van der Waals surface area contributed by atoms with Crippen molar-refractivity contribution in [2.24, 2.45) is 0 Å². The van der Waals surface area contributed by atoms with Crippen LogP contribution in [-0.4, -0.2) is 27.7 Å². The number of hydrogen-bond donors (Lipinski definition) is 0. The molecule has 0 atom stereocenters. The molecule has 0 saturated carbocycles. The molecule has 2 rings (SSSR count). The molecule has 2 aromatic rings. The van der Waals surface area contributed by atoms with Gasteiger partial charge in [-0.25, -0.2) is 4.79 Å². The van der Waals surface area contributed by atoms with Crippen LogP contribution in [0.3, 0.4) is 0 Å². The van der Waals surface area contributed by atoms with E-state index in [0.717, 1.165) is 4.68 Å². The van der Waals surface area contributed by atoms with E-state index in [1.807, 2.05) is 12.1 Å². The molecule has 1 aromatic carbocycles. The first-order valence-electron chi connectivity index (χ1n) is 4.41. The number of para-hydroxylation sites is 1. The van der Waals surface area contributed by atoms with Crippen LogP contribution in [0.1, 0.15) is 0 Å². The van der Waals surface area contributed by atoms with Crippen molar-refractivity contribution in [3.05, 3.63) is 36.9 Å². The van der Waals surface area contributed by atoms with E-state index in [0.29, 0.717) is 11.0 Å². The van der Waals surface area contributed by atoms with Gasteiger partial charge in [0.05, 0.1) is 0 Å². The van der Waals surface area contributed by atoms with Crippen molar-refractivity contribution in [2.75, 3.05) is 6.61 Å². The molecule has 0 radical (unpaired) electrons. The van der Waals surface area contributed by atoms with Gasteiger partial charge in [-0.2, -0.15) is 0 Å². The number of rotatable bonds is 2. The van der Waals surface area contributed by atoms with Crippen molar-refractivity contribution in [2.45, 2.75) is 0 Å². The van der Waals surface area contributed by atoms with Crippen LogP contribution in [-0.2, 0) is 4.74 Å². The van der Waals surface area contributed by atoms with E-state index in [4.69, 9.17) is 4.74 Å². The van der Waals surface area contributed by atoms with Gasteiger partial charge in [-0.3, -0.25) is 0 Å². The number of hydrogen-bond acceptors (Lipinski definition) is 4. The highest BCUT2D eigenvalue weighted by molar-refractivity contribution is 5.84. The number of ether oxygens (including phenoxy) is 1. The Kier molecular flexibility index (Phi) is 2.45. The summed E-state index contributed by atoms with van der Waals surface area (Å²) in [6.07, 6.45) is 0.945. The molecule has 1 aromatic heterocycles. The highest BCUT2D eigenvalue weighted by atomic mass is 16.6. The minimum Gasteiger partial charge on any atom is -0.444 e. The number of aromatic nitrogens is 3. The zero-order chi connectivity index (χ0) is 10.7. The van der Waals surface area contributed by atoms with Gasteiger partial charge in [-0.15, -0.1) is 9.78 Å². The Morgan fingerprint density at radius 2 is 2.33 bits per heavy atom. The quantitative estimate of drug-likeness (QED) is 0.695. The van der Waals surface area contributed by atoms with Gasteiger partial charge >= 0.3 is 6.09 Å². The smallest absolute Gasteiger partial charge is 0.437 e. The molecule has 0 saturated heterocycles. The molecule has 0 N–H and O–H groups in total. The number of carbonyl (C=O) groups is 1. The van der Waals surface area contributed by atoms with Gasteiger partial charge < -0.3 is 4.74 Å². The predicted octanol–water partition coefficient (Wildman–Crippen LogP) is 1.60. The van der Waals surface area contributed by atoms with Crippen molar-refractivity contribution in [3.63, 3.8) is 0 Å². The summed E-state index contributed by atoms with van der Waals surface area (Å²) in [5.41, 5.74) is 1.29. The number of nitrogens with zero attached hydrogens (tertiary/aromatic N) is 3. The number of benzene rings is 1. The maximum atomic E-state index is 11.5. The Morgan fingerprint density at radius 1 is 1.53 bits per heavy atom. The monoisotopic (exact) mass is 203 g/mol. The summed E-state index contributed by atoms with van der Waals surface area (Å²) in [4.78, 5) is 11.5. The molecule has 15 heavy (non-hydrogen) atoms. The molecule has 76 valence electrons. The van der Waals surface area contributed by atoms with Crippen LogP contribution in [0.25, 0.3) is 11.0 Å². The molecule has 0 fully saturated rings. The minimum absolute atomic E-state index is 0.160. The molecule has 0 aliphatic carbocycles. The van der Waals surface area contributed by atoms with Crippen molar-refractivity contribution < 1.29 is 9.53 Å². The summed E-state index contributed by atoms with van der Waals surface area (Å²) in [6, 6.07) is 7.17. The minimum atomic E-state index is -0.552. The zero-order valence-electron chi connectivity index (χ0n) is 7.96. The Morgan fingerprint density at radius 3 is 3.13 bits per heavy atom. The molecule has 1 heterocycles. The van der Waals surface area contributed by atoms with Crippen LogP contribution in [0.5, 0.6) is 0 Å². The van der Waals surface area contributed by atoms with Crippen molar-refractivity contribution in [3.8, 4) is 0 Å². The summed E-state index contributed by atoms with van der Waals surface area (Å²) >= 11 is 0. The zero-order valence-corrected chi connectivity index (χ0v) is 7.96. The van der Waals surface area contributed by atoms with Crippen LogP contribution in [0, 0.1) is 0 Å². The summed E-state index contributed by atoms with van der Waals surface area (Å²) in [5, 5.41) is 7.54. The van der Waals surface area contributed by atoms with E-state index >= 15 is 0 Å². The molecule has 0 aliphatic heterocycles. The topological polar surface area (TPSA) is 57.0 Å². The van der Waals surface area contributed by atoms with Crippen molar-refractivity contribution >= 4 is 17.1 Å². The summed E-state index contributed by atoms with van der Waals surface area (Å²) < 4.78 is 5.97. The lowest BCUT2D eigenvalue weighted by Crippen LogP contribution is -2.15. The van der Waals surface area contributed by atoms with Gasteiger partial charge in [0, 0.05) is 0 Å². The fraction of sp³-hybridized carbons (Fsp3) is 0.100. The number of carbonyl (C=O) groups excluding carboxylic acids is 1. The Labute approximate surface area is 86.0 Å². The van der Waals surface area contributed by atoms with E-state index in [2.05, 4.69) is 16.9 Å². The first-order valence-corrected chi connectivity index (χ1v) is 4.41. The van der Waals surface area contributed by atoms with Gasteiger partial charge in [0.15, 0.2) is 0 Å². The largest absolute Gasteiger partial charge is 0.444 e. The maximum absolute atomic E-state index is 11.5. The lowest BCUT2D eigenvalue weighted by molar-refractivity contribution is 0.157. The van der Waals surface area contributed by atoms with Crippen LogP contribution in [0.4, 0.5) is 4.79 Å².